The van der Waals surface area contributed by atoms with Crippen molar-refractivity contribution in [3.8, 4) is 0 Å². The average molecular weight is 265 g/mol. The van der Waals surface area contributed by atoms with Crippen molar-refractivity contribution in [1.29, 1.82) is 0 Å². The van der Waals surface area contributed by atoms with Gasteiger partial charge in [0.1, 0.15) is 11.1 Å². The third kappa shape index (κ3) is 2.64. The van der Waals surface area contributed by atoms with E-state index in [1.165, 1.54) is 0 Å². The van der Waals surface area contributed by atoms with E-state index in [1.54, 1.807) is 4.90 Å². The Bertz CT molecular complexity index is 464. The fraction of sp³-hybridized carbons (Fsp3) is 0.500. The molecule has 0 spiro atoms. The highest BCUT2D eigenvalue weighted by molar-refractivity contribution is 7.86. The van der Waals surface area contributed by atoms with Crippen molar-refractivity contribution >= 4 is 16.7 Å². The lowest BCUT2D eigenvalue weighted by molar-refractivity contribution is -0.129. The zero-order valence-electron chi connectivity index (χ0n) is 11.1. The molecule has 1 amide bonds. The maximum absolute atomic E-state index is 12.1. The van der Waals surface area contributed by atoms with Gasteiger partial charge in [-0.25, -0.2) is 0 Å². The maximum atomic E-state index is 12.1. The van der Waals surface area contributed by atoms with Gasteiger partial charge in [0, 0.05) is 6.54 Å². The minimum Gasteiger partial charge on any atom is -0.322 e. The molecule has 2 atom stereocenters. The molecular formula is C14H19NO2S. The van der Waals surface area contributed by atoms with Crippen molar-refractivity contribution in [2.24, 2.45) is 5.41 Å². The summed E-state index contributed by atoms with van der Waals surface area (Å²) in [4.78, 5) is 13.7. The highest BCUT2D eigenvalue weighted by Crippen LogP contribution is 2.32. The van der Waals surface area contributed by atoms with Crippen LogP contribution in [0.2, 0.25) is 0 Å². The molecule has 3 nitrogen and oxygen atoms in total. The van der Waals surface area contributed by atoms with Crippen LogP contribution in [-0.4, -0.2) is 26.1 Å². The lowest BCUT2D eigenvalue weighted by Gasteiger charge is -2.33. The normalized spacial score (nSPS) is 24.6. The van der Waals surface area contributed by atoms with Gasteiger partial charge in [0.15, 0.2) is 0 Å². The Morgan fingerprint density at radius 2 is 1.89 bits per heavy atom. The van der Waals surface area contributed by atoms with E-state index in [9.17, 15) is 9.00 Å². The topological polar surface area (TPSA) is 37.4 Å². The molecule has 98 valence electrons. The summed E-state index contributed by atoms with van der Waals surface area (Å²) >= 11 is 0. The van der Waals surface area contributed by atoms with Crippen LogP contribution in [0.1, 0.15) is 26.3 Å². The standard InChI is InChI=1S/C14H19NO2S/c1-14(2,3)13-15(12(16)10-18(13)17)9-11-7-5-4-6-8-11/h4-8,13H,9-10H2,1-3H3. The largest absolute Gasteiger partial charge is 0.322 e. The summed E-state index contributed by atoms with van der Waals surface area (Å²) in [6.45, 7) is 6.65. The third-order valence-corrected chi connectivity index (χ3v) is 5.05. The van der Waals surface area contributed by atoms with E-state index in [0.29, 0.717) is 6.54 Å². The van der Waals surface area contributed by atoms with Crippen LogP contribution in [0.15, 0.2) is 30.3 Å². The van der Waals surface area contributed by atoms with Crippen molar-refractivity contribution in [2.45, 2.75) is 32.7 Å². The Morgan fingerprint density at radius 3 is 2.44 bits per heavy atom. The second kappa shape index (κ2) is 4.84. The van der Waals surface area contributed by atoms with Crippen LogP contribution in [0.5, 0.6) is 0 Å². The molecule has 1 aliphatic heterocycles. The lowest BCUT2D eigenvalue weighted by atomic mass is 9.95. The summed E-state index contributed by atoms with van der Waals surface area (Å²) in [6, 6.07) is 9.86. The molecular weight excluding hydrogens is 246 g/mol. The molecule has 0 bridgehead atoms. The van der Waals surface area contributed by atoms with Gasteiger partial charge in [0.05, 0.1) is 10.8 Å². The monoisotopic (exact) mass is 265 g/mol. The van der Waals surface area contributed by atoms with Crippen molar-refractivity contribution in [3.05, 3.63) is 35.9 Å². The van der Waals surface area contributed by atoms with Gasteiger partial charge in [-0.3, -0.25) is 9.00 Å². The van der Waals surface area contributed by atoms with E-state index in [1.807, 2.05) is 51.1 Å². The van der Waals surface area contributed by atoms with Gasteiger partial charge in [-0.15, -0.1) is 0 Å². The van der Waals surface area contributed by atoms with Crippen molar-refractivity contribution in [2.75, 3.05) is 5.75 Å². The molecule has 2 rings (SSSR count). The Kier molecular flexibility index (Phi) is 3.57. The lowest BCUT2D eigenvalue weighted by Crippen LogP contribution is -2.42. The summed E-state index contributed by atoms with van der Waals surface area (Å²) in [5.41, 5.74) is 0.921. The van der Waals surface area contributed by atoms with E-state index in [2.05, 4.69) is 0 Å². The second-order valence-corrected chi connectivity index (χ2v) is 7.25. The molecule has 0 saturated carbocycles. The first-order valence-electron chi connectivity index (χ1n) is 6.10. The summed E-state index contributed by atoms with van der Waals surface area (Å²) in [5, 5.41) is -0.190. The SMILES string of the molecule is CC(C)(C)C1N(Cc2ccccc2)C(=O)CS1=O. The number of nitrogens with zero attached hydrogens (tertiary/aromatic N) is 1. The van der Waals surface area contributed by atoms with E-state index in [4.69, 9.17) is 0 Å². The predicted octanol–water partition coefficient (Wildman–Crippen LogP) is 2.15. The van der Waals surface area contributed by atoms with E-state index < -0.39 is 10.8 Å². The fourth-order valence-electron chi connectivity index (χ4n) is 2.37. The number of carbonyl (C=O) groups excluding carboxylic acids is 1. The molecule has 1 fully saturated rings. The molecule has 1 heterocycles. The molecule has 18 heavy (non-hydrogen) atoms. The minimum absolute atomic E-state index is 0.00267. The quantitative estimate of drug-likeness (QED) is 0.821. The summed E-state index contributed by atoms with van der Waals surface area (Å²) in [6.07, 6.45) is 0. The van der Waals surface area contributed by atoms with E-state index >= 15 is 0 Å². The number of benzene rings is 1. The summed E-state index contributed by atoms with van der Waals surface area (Å²) in [7, 11) is -1.09. The van der Waals surface area contributed by atoms with Gasteiger partial charge in [0.25, 0.3) is 0 Å². The van der Waals surface area contributed by atoms with Crippen LogP contribution in [0.3, 0.4) is 0 Å². The number of amides is 1. The average Bonchev–Trinajstić information content (AvgIpc) is 2.54. The zero-order chi connectivity index (χ0) is 13.3. The number of hydrogen-bond acceptors (Lipinski definition) is 2. The summed E-state index contributed by atoms with van der Waals surface area (Å²) in [5.74, 6) is 0.159. The van der Waals surface area contributed by atoms with Crippen molar-refractivity contribution < 1.29 is 9.00 Å². The van der Waals surface area contributed by atoms with Gasteiger partial charge in [-0.1, -0.05) is 51.1 Å². The van der Waals surface area contributed by atoms with Gasteiger partial charge in [-0.05, 0) is 11.0 Å². The summed E-state index contributed by atoms with van der Waals surface area (Å²) < 4.78 is 12.1. The highest BCUT2D eigenvalue weighted by Gasteiger charge is 2.44. The molecule has 0 radical (unpaired) electrons. The molecule has 2 unspecified atom stereocenters. The van der Waals surface area contributed by atoms with Crippen LogP contribution in [0.25, 0.3) is 0 Å². The third-order valence-electron chi connectivity index (χ3n) is 3.05. The van der Waals surface area contributed by atoms with Crippen LogP contribution < -0.4 is 0 Å². The van der Waals surface area contributed by atoms with E-state index in [-0.39, 0.29) is 22.4 Å². The smallest absolute Gasteiger partial charge is 0.236 e. The molecule has 0 N–H and O–H groups in total. The first kappa shape index (κ1) is 13.3. The molecule has 0 aliphatic carbocycles. The van der Waals surface area contributed by atoms with Gasteiger partial charge in [0.2, 0.25) is 5.91 Å². The first-order chi connectivity index (χ1) is 8.39. The van der Waals surface area contributed by atoms with Crippen molar-refractivity contribution in [1.82, 2.24) is 4.90 Å². The van der Waals surface area contributed by atoms with Gasteiger partial charge in [-0.2, -0.15) is 0 Å². The number of carbonyl (C=O) groups is 1. The molecule has 1 aliphatic rings. The van der Waals surface area contributed by atoms with Crippen LogP contribution in [0.4, 0.5) is 0 Å². The van der Waals surface area contributed by atoms with E-state index in [0.717, 1.165) is 5.56 Å². The maximum Gasteiger partial charge on any atom is 0.236 e. The van der Waals surface area contributed by atoms with Crippen LogP contribution >= 0.6 is 0 Å². The Balaban J connectivity index is 2.24. The predicted molar refractivity (Wildman–Crippen MR) is 73.2 cm³/mol. The molecule has 4 heteroatoms. The Labute approximate surface area is 111 Å². The number of rotatable bonds is 2. The van der Waals surface area contributed by atoms with Crippen LogP contribution in [0, 0.1) is 5.41 Å². The van der Waals surface area contributed by atoms with Crippen LogP contribution in [-0.2, 0) is 22.1 Å². The zero-order valence-corrected chi connectivity index (χ0v) is 11.9. The molecule has 1 saturated heterocycles. The van der Waals surface area contributed by atoms with Gasteiger partial charge >= 0.3 is 0 Å². The molecule has 0 aromatic heterocycles. The first-order valence-corrected chi connectivity index (χ1v) is 7.48. The second-order valence-electron chi connectivity index (χ2n) is 5.75. The molecule has 1 aromatic carbocycles. The fourth-order valence-corrected chi connectivity index (χ4v) is 4.20. The van der Waals surface area contributed by atoms with Crippen molar-refractivity contribution in [3.63, 3.8) is 0 Å². The molecule has 1 aromatic rings. The Morgan fingerprint density at radius 1 is 1.28 bits per heavy atom. The highest BCUT2D eigenvalue weighted by atomic mass is 32.2. The Hall–Kier alpha value is -1.16. The number of hydrogen-bond donors (Lipinski definition) is 0. The van der Waals surface area contributed by atoms with Gasteiger partial charge < -0.3 is 4.90 Å². The minimum atomic E-state index is -1.09.